The van der Waals surface area contributed by atoms with Gasteiger partial charge in [-0.3, -0.25) is 4.79 Å². The highest BCUT2D eigenvalue weighted by molar-refractivity contribution is 7.97. The predicted molar refractivity (Wildman–Crippen MR) is 68.3 cm³/mol. The van der Waals surface area contributed by atoms with Crippen LogP contribution in [0.4, 0.5) is 0 Å². The second kappa shape index (κ2) is 4.74. The van der Waals surface area contributed by atoms with Crippen molar-refractivity contribution < 1.29 is 4.79 Å². The van der Waals surface area contributed by atoms with E-state index in [1.54, 1.807) is 4.90 Å². The molecule has 1 aromatic rings. The third-order valence-corrected chi connectivity index (χ3v) is 4.93. The molecule has 1 aliphatic heterocycles. The lowest BCUT2D eigenvalue weighted by molar-refractivity contribution is -0.126. The molecule has 1 aromatic carbocycles. The van der Waals surface area contributed by atoms with Gasteiger partial charge in [-0.15, -0.1) is 0 Å². The molecule has 3 heteroatoms. The zero-order chi connectivity index (χ0) is 11.5. The van der Waals surface area contributed by atoms with Crippen LogP contribution in [0.1, 0.15) is 6.92 Å². The number of benzene rings is 1. The van der Waals surface area contributed by atoms with Crippen molar-refractivity contribution >= 4 is 16.8 Å². The molecule has 1 fully saturated rings. The van der Waals surface area contributed by atoms with Gasteiger partial charge >= 0.3 is 0 Å². The van der Waals surface area contributed by atoms with Gasteiger partial charge in [-0.25, -0.2) is 0 Å². The molecule has 84 valence electrons. The zero-order valence-corrected chi connectivity index (χ0v) is 10.3. The van der Waals surface area contributed by atoms with E-state index in [4.69, 9.17) is 0 Å². The Bertz CT molecular complexity index is 384. The molecule has 0 saturated carbocycles. The third-order valence-electron chi connectivity index (χ3n) is 2.71. The Morgan fingerprint density at radius 3 is 2.56 bits per heavy atom. The zero-order valence-electron chi connectivity index (χ0n) is 9.48. The summed E-state index contributed by atoms with van der Waals surface area (Å²) in [6.45, 7) is 6.74. The second-order valence-corrected chi connectivity index (χ2v) is 5.83. The van der Waals surface area contributed by atoms with Gasteiger partial charge < -0.3 is 4.90 Å². The van der Waals surface area contributed by atoms with Crippen molar-refractivity contribution in [2.75, 3.05) is 18.1 Å². The molecule has 2 rings (SSSR count). The molecule has 1 atom stereocenters. The third kappa shape index (κ3) is 2.14. The van der Waals surface area contributed by atoms with Gasteiger partial charge in [0, 0.05) is 17.4 Å². The molecular weight excluding hydrogens is 218 g/mol. The minimum Gasteiger partial charge on any atom is -0.308 e. The lowest BCUT2D eigenvalue weighted by Crippen LogP contribution is -2.42. The maximum atomic E-state index is 11.9. The first-order valence-electron chi connectivity index (χ1n) is 5.43. The summed E-state index contributed by atoms with van der Waals surface area (Å²) in [6, 6.07) is 10.3. The number of hydrogen-bond donors (Lipinski definition) is 0. The SMILES string of the molecule is C=C1C[S+](c2ccccc2)CC(=O)N1CC. The standard InChI is InChI=1S/C13H16NOS/c1-3-14-11(2)9-16(10-13(14)15)12-7-5-4-6-8-12/h4-8H,2-3,9-10H2,1H3/q+1. The molecule has 16 heavy (non-hydrogen) atoms. The van der Waals surface area contributed by atoms with E-state index in [0.717, 1.165) is 18.0 Å². The molecule has 1 amide bonds. The number of carbonyl (C=O) groups is 1. The molecule has 1 unspecified atom stereocenters. The van der Waals surface area contributed by atoms with Gasteiger partial charge in [0.15, 0.2) is 16.4 Å². The molecule has 0 aliphatic carbocycles. The van der Waals surface area contributed by atoms with Gasteiger partial charge in [0.25, 0.3) is 5.91 Å². The fourth-order valence-corrected chi connectivity index (χ4v) is 3.90. The summed E-state index contributed by atoms with van der Waals surface area (Å²) in [7, 11) is 0.0187. The van der Waals surface area contributed by atoms with Crippen LogP contribution in [0.3, 0.4) is 0 Å². The smallest absolute Gasteiger partial charge is 0.277 e. The van der Waals surface area contributed by atoms with Crippen molar-refractivity contribution in [2.24, 2.45) is 0 Å². The van der Waals surface area contributed by atoms with Crippen molar-refractivity contribution in [2.45, 2.75) is 11.8 Å². The van der Waals surface area contributed by atoms with Crippen LogP contribution in [-0.4, -0.2) is 28.9 Å². The van der Waals surface area contributed by atoms with Crippen LogP contribution >= 0.6 is 0 Å². The van der Waals surface area contributed by atoms with Gasteiger partial charge in [0.1, 0.15) is 0 Å². The summed E-state index contributed by atoms with van der Waals surface area (Å²) in [5.41, 5.74) is 0.964. The molecule has 0 bridgehead atoms. The highest BCUT2D eigenvalue weighted by Gasteiger charge is 2.36. The lowest BCUT2D eigenvalue weighted by Gasteiger charge is -2.27. The maximum Gasteiger partial charge on any atom is 0.277 e. The first-order valence-corrected chi connectivity index (χ1v) is 6.99. The topological polar surface area (TPSA) is 20.3 Å². The van der Waals surface area contributed by atoms with Gasteiger partial charge in [-0.05, 0) is 19.1 Å². The van der Waals surface area contributed by atoms with Crippen LogP contribution in [0.15, 0.2) is 47.5 Å². The van der Waals surface area contributed by atoms with Crippen LogP contribution < -0.4 is 0 Å². The molecule has 0 spiro atoms. The van der Waals surface area contributed by atoms with Crippen molar-refractivity contribution in [3.8, 4) is 0 Å². The Kier molecular flexibility index (Phi) is 3.34. The molecule has 0 radical (unpaired) electrons. The van der Waals surface area contributed by atoms with Crippen LogP contribution in [0.25, 0.3) is 0 Å². The Morgan fingerprint density at radius 1 is 1.31 bits per heavy atom. The molecule has 1 saturated heterocycles. The highest BCUT2D eigenvalue weighted by Crippen LogP contribution is 2.23. The van der Waals surface area contributed by atoms with Crippen molar-refractivity contribution in [3.05, 3.63) is 42.6 Å². The van der Waals surface area contributed by atoms with E-state index in [-0.39, 0.29) is 16.8 Å². The lowest BCUT2D eigenvalue weighted by atomic mass is 10.4. The molecule has 0 aromatic heterocycles. The van der Waals surface area contributed by atoms with Gasteiger partial charge in [-0.1, -0.05) is 24.8 Å². The number of nitrogens with zero attached hydrogens (tertiary/aromatic N) is 1. The molecular formula is C13H16NOS+. The van der Waals surface area contributed by atoms with Crippen LogP contribution in [0.5, 0.6) is 0 Å². The monoisotopic (exact) mass is 234 g/mol. The van der Waals surface area contributed by atoms with Crippen LogP contribution in [-0.2, 0) is 15.7 Å². The van der Waals surface area contributed by atoms with Gasteiger partial charge in [-0.2, -0.15) is 0 Å². The first-order chi connectivity index (χ1) is 7.72. The molecule has 2 nitrogen and oxygen atoms in total. The quantitative estimate of drug-likeness (QED) is 0.717. The number of carbonyl (C=O) groups excluding carboxylic acids is 1. The average Bonchev–Trinajstić information content (AvgIpc) is 2.30. The summed E-state index contributed by atoms with van der Waals surface area (Å²) < 4.78 is 0. The Balaban J connectivity index is 2.17. The van der Waals surface area contributed by atoms with E-state index in [0.29, 0.717) is 5.75 Å². The fourth-order valence-electron chi connectivity index (χ4n) is 1.91. The number of hydrogen-bond acceptors (Lipinski definition) is 1. The van der Waals surface area contributed by atoms with E-state index < -0.39 is 0 Å². The minimum atomic E-state index is 0.0187. The van der Waals surface area contributed by atoms with Gasteiger partial charge in [0.05, 0.1) is 5.70 Å². The summed E-state index contributed by atoms with van der Waals surface area (Å²) in [5.74, 6) is 1.77. The minimum absolute atomic E-state index is 0.0187. The summed E-state index contributed by atoms with van der Waals surface area (Å²) in [6.07, 6.45) is 0. The number of amides is 1. The van der Waals surface area contributed by atoms with E-state index in [2.05, 4.69) is 18.7 Å². The van der Waals surface area contributed by atoms with Gasteiger partial charge in [0.2, 0.25) is 0 Å². The van der Waals surface area contributed by atoms with Crippen molar-refractivity contribution in [1.29, 1.82) is 0 Å². The van der Waals surface area contributed by atoms with E-state index in [1.807, 2.05) is 25.1 Å². The van der Waals surface area contributed by atoms with E-state index in [9.17, 15) is 4.79 Å². The molecule has 1 aliphatic rings. The van der Waals surface area contributed by atoms with Crippen molar-refractivity contribution in [1.82, 2.24) is 4.90 Å². The average molecular weight is 234 g/mol. The number of rotatable bonds is 2. The Morgan fingerprint density at radius 2 is 2.00 bits per heavy atom. The van der Waals surface area contributed by atoms with Crippen molar-refractivity contribution in [3.63, 3.8) is 0 Å². The predicted octanol–water partition coefficient (Wildman–Crippen LogP) is 2.04. The fraction of sp³-hybridized carbons (Fsp3) is 0.308. The summed E-state index contributed by atoms with van der Waals surface area (Å²) >= 11 is 0. The summed E-state index contributed by atoms with van der Waals surface area (Å²) in [4.78, 5) is 15.0. The normalized spacial score (nSPS) is 21.3. The van der Waals surface area contributed by atoms with E-state index in [1.165, 1.54) is 4.90 Å². The largest absolute Gasteiger partial charge is 0.308 e. The van der Waals surface area contributed by atoms with E-state index >= 15 is 0 Å². The van der Waals surface area contributed by atoms with Crippen LogP contribution in [0, 0.1) is 0 Å². The maximum absolute atomic E-state index is 11.9. The Labute approximate surface area is 99.3 Å². The highest BCUT2D eigenvalue weighted by atomic mass is 32.2. The molecule has 0 N–H and O–H groups in total. The Hall–Kier alpha value is -1.22. The summed E-state index contributed by atoms with van der Waals surface area (Å²) in [5, 5.41) is 0. The first kappa shape index (κ1) is 11.3. The molecule has 1 heterocycles. The van der Waals surface area contributed by atoms with Crippen LogP contribution in [0.2, 0.25) is 0 Å². The second-order valence-electron chi connectivity index (χ2n) is 3.80.